The Hall–Kier alpha value is -2.28. The van der Waals surface area contributed by atoms with E-state index < -0.39 is 18.2 Å². The van der Waals surface area contributed by atoms with Crippen LogP contribution in [0.4, 0.5) is 4.79 Å². The van der Waals surface area contributed by atoms with Crippen LogP contribution in [0.3, 0.4) is 0 Å². The van der Waals surface area contributed by atoms with Gasteiger partial charge in [-0.15, -0.1) is 0 Å². The van der Waals surface area contributed by atoms with E-state index in [1.807, 2.05) is 31.2 Å². The van der Waals surface area contributed by atoms with Crippen molar-refractivity contribution in [2.75, 3.05) is 13.2 Å². The summed E-state index contributed by atoms with van der Waals surface area (Å²) in [5.41, 5.74) is 6.94. The molecular formula is C22H24Cl2N2O4. The highest BCUT2D eigenvalue weighted by Gasteiger charge is 2.42. The minimum Gasteiger partial charge on any atom is -0.448 e. The number of carbonyl (C=O) groups is 2. The largest absolute Gasteiger partial charge is 0.448 e. The number of nitrogens with zero attached hydrogens (tertiary/aromatic N) is 1. The molecule has 0 saturated carbocycles. The summed E-state index contributed by atoms with van der Waals surface area (Å²) in [6.07, 6.45) is 0.162. The predicted molar refractivity (Wildman–Crippen MR) is 115 cm³/mol. The van der Waals surface area contributed by atoms with E-state index in [1.54, 1.807) is 29.2 Å². The maximum absolute atomic E-state index is 13.0. The van der Waals surface area contributed by atoms with Crippen LogP contribution in [0.1, 0.15) is 43.0 Å². The maximum Gasteiger partial charge on any atom is 0.404 e. The lowest BCUT2D eigenvalue weighted by Gasteiger charge is -2.45. The second-order valence-corrected chi connectivity index (χ2v) is 8.03. The minimum atomic E-state index is -0.867. The third-order valence-electron chi connectivity index (χ3n) is 5.10. The second-order valence-electron chi connectivity index (χ2n) is 7.15. The fraction of sp³-hybridized carbons (Fsp3) is 0.364. The molecule has 8 heteroatoms. The maximum atomic E-state index is 13.0. The van der Waals surface area contributed by atoms with Gasteiger partial charge in [-0.3, -0.25) is 4.79 Å². The Morgan fingerprint density at radius 2 is 1.70 bits per heavy atom. The number of nitrogens with two attached hydrogens (primary N) is 1. The Labute approximate surface area is 185 Å². The standard InChI is InChI=1S/C22H24Cl2N2O4/c1-2-3-18(12-30-22(25)28)26-19(27)13-29-21(15-6-10-17(24)11-7-15)20(26)14-4-8-16(23)9-5-14/h4-11,18,20-21H,2-3,12-13H2,1H3,(H2,25,28)/t18-,20-,21+/m1/s1. The first-order valence-electron chi connectivity index (χ1n) is 9.76. The molecule has 1 aliphatic rings. The van der Waals surface area contributed by atoms with Gasteiger partial charge in [0.25, 0.3) is 0 Å². The van der Waals surface area contributed by atoms with E-state index in [9.17, 15) is 9.59 Å². The van der Waals surface area contributed by atoms with E-state index in [1.165, 1.54) is 0 Å². The van der Waals surface area contributed by atoms with E-state index >= 15 is 0 Å². The molecule has 1 fully saturated rings. The van der Waals surface area contributed by atoms with E-state index in [4.69, 9.17) is 38.4 Å². The van der Waals surface area contributed by atoms with Gasteiger partial charge < -0.3 is 20.1 Å². The molecule has 2 aromatic carbocycles. The lowest BCUT2D eigenvalue weighted by atomic mass is 9.91. The molecule has 2 N–H and O–H groups in total. The van der Waals surface area contributed by atoms with Crippen molar-refractivity contribution in [1.29, 1.82) is 0 Å². The molecule has 2 amide bonds. The molecule has 30 heavy (non-hydrogen) atoms. The van der Waals surface area contributed by atoms with Crippen molar-refractivity contribution in [2.45, 2.75) is 38.0 Å². The van der Waals surface area contributed by atoms with E-state index in [2.05, 4.69) is 0 Å². The zero-order valence-corrected chi connectivity index (χ0v) is 18.1. The summed E-state index contributed by atoms with van der Waals surface area (Å²) in [6.45, 7) is 1.96. The number of primary amides is 1. The Bertz CT molecular complexity index is 874. The van der Waals surface area contributed by atoms with Crippen LogP contribution >= 0.6 is 23.2 Å². The summed E-state index contributed by atoms with van der Waals surface area (Å²) >= 11 is 12.1. The molecule has 0 aliphatic carbocycles. The molecule has 0 radical (unpaired) electrons. The van der Waals surface area contributed by atoms with Gasteiger partial charge in [-0.1, -0.05) is 60.8 Å². The molecule has 160 valence electrons. The highest BCUT2D eigenvalue weighted by atomic mass is 35.5. The van der Waals surface area contributed by atoms with Crippen LogP contribution in [0.15, 0.2) is 48.5 Å². The number of rotatable bonds is 7. The number of benzene rings is 2. The highest BCUT2D eigenvalue weighted by molar-refractivity contribution is 6.30. The fourth-order valence-corrected chi connectivity index (χ4v) is 4.05. The number of amides is 2. The summed E-state index contributed by atoms with van der Waals surface area (Å²) < 4.78 is 11.1. The third kappa shape index (κ3) is 5.25. The highest BCUT2D eigenvalue weighted by Crippen LogP contribution is 2.42. The molecule has 0 unspecified atom stereocenters. The van der Waals surface area contributed by atoms with Crippen molar-refractivity contribution < 1.29 is 19.1 Å². The van der Waals surface area contributed by atoms with Crippen LogP contribution in [-0.2, 0) is 14.3 Å². The lowest BCUT2D eigenvalue weighted by Crippen LogP contribution is -2.52. The molecule has 3 atom stereocenters. The molecule has 1 aliphatic heterocycles. The Morgan fingerprint density at radius 1 is 1.13 bits per heavy atom. The lowest BCUT2D eigenvalue weighted by molar-refractivity contribution is -0.165. The molecule has 1 saturated heterocycles. The number of halogens is 2. The van der Waals surface area contributed by atoms with Crippen molar-refractivity contribution >= 4 is 35.2 Å². The molecule has 0 spiro atoms. The minimum absolute atomic E-state index is 0.0202. The number of ether oxygens (including phenoxy) is 2. The number of hydrogen-bond donors (Lipinski definition) is 1. The van der Waals surface area contributed by atoms with Gasteiger partial charge in [0.1, 0.15) is 19.3 Å². The van der Waals surface area contributed by atoms with Crippen LogP contribution in [0.2, 0.25) is 10.0 Å². The number of carbonyl (C=O) groups excluding carboxylic acids is 2. The Balaban J connectivity index is 2.05. The molecule has 3 rings (SSSR count). The van der Waals surface area contributed by atoms with E-state index in [0.717, 1.165) is 17.5 Å². The second kappa shape index (κ2) is 10.2. The monoisotopic (exact) mass is 450 g/mol. The quantitative estimate of drug-likeness (QED) is 0.650. The smallest absolute Gasteiger partial charge is 0.404 e. The molecule has 6 nitrogen and oxygen atoms in total. The number of hydrogen-bond acceptors (Lipinski definition) is 4. The van der Waals surface area contributed by atoms with Gasteiger partial charge in [-0.2, -0.15) is 0 Å². The van der Waals surface area contributed by atoms with Crippen LogP contribution in [-0.4, -0.2) is 36.2 Å². The Morgan fingerprint density at radius 3 is 2.23 bits per heavy atom. The van der Waals surface area contributed by atoms with Crippen LogP contribution in [0.25, 0.3) is 0 Å². The zero-order valence-electron chi connectivity index (χ0n) is 16.6. The summed E-state index contributed by atoms with van der Waals surface area (Å²) in [4.78, 5) is 26.0. The van der Waals surface area contributed by atoms with Crippen molar-refractivity contribution in [3.63, 3.8) is 0 Å². The van der Waals surface area contributed by atoms with Gasteiger partial charge in [-0.05, 0) is 41.8 Å². The SMILES string of the molecule is CCC[C@H](COC(N)=O)N1C(=O)CO[C@@H](c2ccc(Cl)cc2)[C@H]1c1ccc(Cl)cc1. The summed E-state index contributed by atoms with van der Waals surface area (Å²) in [5.74, 6) is -0.174. The summed E-state index contributed by atoms with van der Waals surface area (Å²) in [5, 5.41) is 1.21. The summed E-state index contributed by atoms with van der Waals surface area (Å²) in [6, 6.07) is 13.9. The first-order valence-corrected chi connectivity index (χ1v) is 10.5. The van der Waals surface area contributed by atoms with Gasteiger partial charge in [0.05, 0.1) is 12.1 Å². The van der Waals surface area contributed by atoms with Gasteiger partial charge in [0, 0.05) is 10.0 Å². The van der Waals surface area contributed by atoms with Crippen molar-refractivity contribution in [3.8, 4) is 0 Å². The van der Waals surface area contributed by atoms with Gasteiger partial charge >= 0.3 is 6.09 Å². The fourth-order valence-electron chi connectivity index (χ4n) is 3.80. The molecule has 0 bridgehead atoms. The molecule has 1 heterocycles. The topological polar surface area (TPSA) is 81.9 Å². The summed E-state index contributed by atoms with van der Waals surface area (Å²) in [7, 11) is 0. The molecular weight excluding hydrogens is 427 g/mol. The normalized spacial score (nSPS) is 20.1. The Kier molecular flexibility index (Phi) is 7.58. The van der Waals surface area contributed by atoms with Crippen molar-refractivity contribution in [3.05, 3.63) is 69.7 Å². The van der Waals surface area contributed by atoms with Gasteiger partial charge in [-0.25, -0.2) is 4.79 Å². The predicted octanol–water partition coefficient (Wildman–Crippen LogP) is 4.90. The van der Waals surface area contributed by atoms with E-state index in [-0.39, 0.29) is 25.2 Å². The molecule has 0 aromatic heterocycles. The molecule has 2 aromatic rings. The zero-order chi connectivity index (χ0) is 21.7. The average Bonchev–Trinajstić information content (AvgIpc) is 2.72. The number of morpholine rings is 1. The first kappa shape index (κ1) is 22.4. The van der Waals surface area contributed by atoms with Crippen molar-refractivity contribution in [1.82, 2.24) is 4.90 Å². The van der Waals surface area contributed by atoms with Crippen LogP contribution in [0.5, 0.6) is 0 Å². The van der Waals surface area contributed by atoms with Crippen LogP contribution in [0, 0.1) is 0 Å². The first-order chi connectivity index (χ1) is 14.4. The van der Waals surface area contributed by atoms with Crippen LogP contribution < -0.4 is 5.73 Å². The van der Waals surface area contributed by atoms with Crippen molar-refractivity contribution in [2.24, 2.45) is 5.73 Å². The average molecular weight is 451 g/mol. The van der Waals surface area contributed by atoms with E-state index in [0.29, 0.717) is 16.5 Å². The van der Waals surface area contributed by atoms with Gasteiger partial charge in [0.15, 0.2) is 0 Å². The third-order valence-corrected chi connectivity index (χ3v) is 5.61. The van der Waals surface area contributed by atoms with Gasteiger partial charge in [0.2, 0.25) is 5.91 Å².